The highest BCUT2D eigenvalue weighted by Gasteiger charge is 2.60. The first-order valence-electron chi connectivity index (χ1n) is 19.4. The van der Waals surface area contributed by atoms with Crippen molar-refractivity contribution in [1.29, 1.82) is 0 Å². The first-order valence-corrected chi connectivity index (χ1v) is 19.4. The van der Waals surface area contributed by atoms with E-state index < -0.39 is 0 Å². The largest absolute Gasteiger partial charge is 0.375 e. The van der Waals surface area contributed by atoms with Crippen molar-refractivity contribution in [3.63, 3.8) is 0 Å². The zero-order valence-corrected chi connectivity index (χ0v) is 26.6. The summed E-state index contributed by atoms with van der Waals surface area (Å²) in [6.45, 7) is 5.64. The molecule has 230 valence electrons. The van der Waals surface area contributed by atoms with E-state index in [1.54, 1.807) is 57.8 Å². The van der Waals surface area contributed by atoms with E-state index in [4.69, 9.17) is 9.47 Å². The van der Waals surface area contributed by atoms with Crippen molar-refractivity contribution in [3.05, 3.63) is 0 Å². The van der Waals surface area contributed by atoms with E-state index in [-0.39, 0.29) is 0 Å². The molecule has 3 aliphatic heterocycles. The number of fused-ring (bicyclic) bond motifs is 8. The fraction of sp³-hybridized carbons (Fsp3) is 1.00. The van der Waals surface area contributed by atoms with Crippen LogP contribution in [0.3, 0.4) is 0 Å². The molecule has 0 aromatic rings. The molecule has 8 aliphatic carbocycles. The van der Waals surface area contributed by atoms with Crippen LogP contribution in [0, 0.1) is 82.9 Å². The molecule has 2 nitrogen and oxygen atoms in total. The van der Waals surface area contributed by atoms with Crippen molar-refractivity contribution in [2.45, 2.75) is 160 Å². The maximum Gasteiger partial charge on any atom is 0.0634 e. The van der Waals surface area contributed by atoms with Crippen LogP contribution in [0.4, 0.5) is 0 Å². The van der Waals surface area contributed by atoms with E-state index in [1.165, 1.54) is 64.2 Å². The predicted molar refractivity (Wildman–Crippen MR) is 165 cm³/mol. The molecule has 8 bridgehead atoms. The third-order valence-electron chi connectivity index (χ3n) is 16.3. The summed E-state index contributed by atoms with van der Waals surface area (Å²) in [5.41, 5.74) is 0. The molecule has 0 aromatic heterocycles. The lowest BCUT2D eigenvalue weighted by Gasteiger charge is -2.64. The fourth-order valence-corrected chi connectivity index (χ4v) is 14.7. The van der Waals surface area contributed by atoms with E-state index in [1.807, 2.05) is 0 Å². The standard InChI is InChI=1S/C39H62O2/c1-22(26-8-4-3-5-9-26)35(29-16-24-14-25(15-24)17-29)39(38-27-10-6-11-28(38)18-27)36(30-19-31-21-32(20-30)40-31)23(2)37-33-12-7-13-34(37)41-33/h22-39H,3-21H2,1-2H3/t22-,23-,24?,25?,27?,28?,29?,30?,31?,32?,33?,34?,35?,36+,37?,38?,39+/m0/s1. The zero-order chi connectivity index (χ0) is 27.2. The average molecular weight is 563 g/mol. The molecule has 3 heterocycles. The topological polar surface area (TPSA) is 18.5 Å². The zero-order valence-electron chi connectivity index (χ0n) is 26.6. The van der Waals surface area contributed by atoms with Gasteiger partial charge in [0.15, 0.2) is 0 Å². The van der Waals surface area contributed by atoms with E-state index >= 15 is 0 Å². The Hall–Kier alpha value is -0.0800. The van der Waals surface area contributed by atoms with Gasteiger partial charge in [0.05, 0.1) is 24.4 Å². The SMILES string of the molecule is C[C@@H](C1CCCCC1)C(C1CC2CC(C2)C1)[C@@H](C1C2CCCC1C2)[C@@H](C1CC2CC(C1)O2)[C@H](C)C1C2CCCC1O2. The molecule has 0 aromatic carbocycles. The summed E-state index contributed by atoms with van der Waals surface area (Å²) < 4.78 is 12.9. The Morgan fingerprint density at radius 2 is 1.02 bits per heavy atom. The van der Waals surface area contributed by atoms with Gasteiger partial charge in [0.25, 0.3) is 0 Å². The van der Waals surface area contributed by atoms with Gasteiger partial charge in [-0.2, -0.15) is 0 Å². The van der Waals surface area contributed by atoms with E-state index in [0.717, 1.165) is 82.9 Å². The predicted octanol–water partition coefficient (Wildman–Crippen LogP) is 9.69. The number of hydrogen-bond acceptors (Lipinski definition) is 2. The molecule has 0 radical (unpaired) electrons. The highest BCUT2D eigenvalue weighted by molar-refractivity contribution is 5.09. The summed E-state index contributed by atoms with van der Waals surface area (Å²) in [4.78, 5) is 0. The van der Waals surface area contributed by atoms with Crippen LogP contribution in [0.15, 0.2) is 0 Å². The molecule has 11 aliphatic rings. The summed E-state index contributed by atoms with van der Waals surface area (Å²) in [6, 6.07) is 0. The summed E-state index contributed by atoms with van der Waals surface area (Å²) in [5.74, 6) is 14.0. The average Bonchev–Trinajstić information content (AvgIpc) is 2.98. The van der Waals surface area contributed by atoms with Crippen molar-refractivity contribution in [1.82, 2.24) is 0 Å². The van der Waals surface area contributed by atoms with Crippen molar-refractivity contribution in [2.24, 2.45) is 82.9 Å². The van der Waals surface area contributed by atoms with Crippen LogP contribution in [-0.4, -0.2) is 24.4 Å². The maximum absolute atomic E-state index is 6.55. The van der Waals surface area contributed by atoms with Gasteiger partial charge >= 0.3 is 0 Å². The Kier molecular flexibility index (Phi) is 7.16. The molecular formula is C39H62O2. The van der Waals surface area contributed by atoms with Gasteiger partial charge in [-0.05, 0) is 148 Å². The molecule has 3 saturated heterocycles. The van der Waals surface area contributed by atoms with Gasteiger partial charge in [-0.25, -0.2) is 0 Å². The van der Waals surface area contributed by atoms with Crippen molar-refractivity contribution >= 4 is 0 Å². The van der Waals surface area contributed by atoms with Gasteiger partial charge in [0.1, 0.15) is 0 Å². The Morgan fingerprint density at radius 3 is 1.63 bits per heavy atom. The van der Waals surface area contributed by atoms with Crippen LogP contribution in [0.25, 0.3) is 0 Å². The van der Waals surface area contributed by atoms with Crippen molar-refractivity contribution in [3.8, 4) is 0 Å². The highest BCUT2D eigenvalue weighted by atomic mass is 16.5. The Labute approximate surface area is 252 Å². The van der Waals surface area contributed by atoms with Crippen LogP contribution in [0.2, 0.25) is 0 Å². The Morgan fingerprint density at radius 1 is 0.439 bits per heavy atom. The summed E-state index contributed by atoms with van der Waals surface area (Å²) in [5, 5.41) is 0. The summed E-state index contributed by atoms with van der Waals surface area (Å²) in [6.07, 6.45) is 31.0. The maximum atomic E-state index is 6.55. The number of ether oxygens (including phenoxy) is 2. The second-order valence-electron chi connectivity index (χ2n) is 18.1. The molecule has 2 heteroatoms. The smallest absolute Gasteiger partial charge is 0.0634 e. The van der Waals surface area contributed by atoms with Gasteiger partial charge in [0.2, 0.25) is 0 Å². The molecule has 8 saturated carbocycles. The third-order valence-corrected chi connectivity index (χ3v) is 16.3. The van der Waals surface area contributed by atoms with E-state index in [0.29, 0.717) is 24.4 Å². The summed E-state index contributed by atoms with van der Waals surface area (Å²) >= 11 is 0. The highest BCUT2D eigenvalue weighted by Crippen LogP contribution is 2.65. The normalized spacial score (nSPS) is 52.0. The molecule has 11 rings (SSSR count). The first-order chi connectivity index (χ1) is 20.1. The molecule has 7 unspecified atom stereocenters. The summed E-state index contributed by atoms with van der Waals surface area (Å²) in [7, 11) is 0. The fourth-order valence-electron chi connectivity index (χ4n) is 14.7. The molecule has 0 amide bonds. The van der Waals surface area contributed by atoms with Gasteiger partial charge in [0, 0.05) is 5.92 Å². The van der Waals surface area contributed by atoms with Gasteiger partial charge in [-0.1, -0.05) is 65.2 Å². The quantitative estimate of drug-likeness (QED) is 0.278. The monoisotopic (exact) mass is 562 g/mol. The molecule has 0 N–H and O–H groups in total. The second kappa shape index (κ2) is 10.8. The number of hydrogen-bond donors (Lipinski definition) is 0. The Bertz CT molecular complexity index is 880. The third kappa shape index (κ3) is 4.58. The van der Waals surface area contributed by atoms with Crippen LogP contribution < -0.4 is 0 Å². The molecule has 41 heavy (non-hydrogen) atoms. The molecular weight excluding hydrogens is 500 g/mol. The van der Waals surface area contributed by atoms with Crippen LogP contribution in [0.5, 0.6) is 0 Å². The minimum Gasteiger partial charge on any atom is -0.375 e. The van der Waals surface area contributed by atoms with E-state index in [2.05, 4.69) is 13.8 Å². The molecule has 11 atom stereocenters. The van der Waals surface area contributed by atoms with Crippen LogP contribution in [-0.2, 0) is 9.47 Å². The van der Waals surface area contributed by atoms with Gasteiger partial charge in [-0.3, -0.25) is 0 Å². The van der Waals surface area contributed by atoms with Crippen LogP contribution in [0.1, 0.15) is 136 Å². The lowest BCUT2D eigenvalue weighted by Crippen LogP contribution is -2.61. The lowest BCUT2D eigenvalue weighted by atomic mass is 9.42. The minimum absolute atomic E-state index is 0.596. The Balaban J connectivity index is 1.12. The van der Waals surface area contributed by atoms with Gasteiger partial charge < -0.3 is 9.47 Å². The van der Waals surface area contributed by atoms with Gasteiger partial charge in [-0.15, -0.1) is 0 Å². The number of rotatable bonds is 9. The van der Waals surface area contributed by atoms with Crippen molar-refractivity contribution < 1.29 is 9.47 Å². The van der Waals surface area contributed by atoms with E-state index in [9.17, 15) is 0 Å². The molecule has 11 fully saturated rings. The molecule has 0 spiro atoms. The minimum atomic E-state index is 0.596. The first kappa shape index (κ1) is 27.2. The lowest BCUT2D eigenvalue weighted by molar-refractivity contribution is -0.253. The van der Waals surface area contributed by atoms with Crippen molar-refractivity contribution in [2.75, 3.05) is 0 Å². The van der Waals surface area contributed by atoms with Crippen LogP contribution >= 0.6 is 0 Å². The second-order valence-corrected chi connectivity index (χ2v) is 18.1.